The molecule has 0 saturated carbocycles. The van der Waals surface area contributed by atoms with Crippen LogP contribution in [0.5, 0.6) is 0 Å². The van der Waals surface area contributed by atoms with Crippen LogP contribution in [0, 0.1) is 5.92 Å². The van der Waals surface area contributed by atoms with Gasteiger partial charge in [-0.1, -0.05) is 30.3 Å². The van der Waals surface area contributed by atoms with Gasteiger partial charge in [-0.05, 0) is 37.8 Å². The Morgan fingerprint density at radius 1 is 1.36 bits per heavy atom. The summed E-state index contributed by atoms with van der Waals surface area (Å²) in [5.74, 6) is 0.510. The zero-order valence-corrected chi connectivity index (χ0v) is 13.2. The van der Waals surface area contributed by atoms with E-state index in [0.29, 0.717) is 18.6 Å². The van der Waals surface area contributed by atoms with Crippen molar-refractivity contribution in [2.75, 3.05) is 26.7 Å². The van der Waals surface area contributed by atoms with E-state index in [1.165, 1.54) is 0 Å². The van der Waals surface area contributed by atoms with E-state index in [2.05, 4.69) is 5.32 Å². The Bertz CT molecular complexity index is 444. The number of aliphatic hydroxyl groups excluding tert-OH is 1. The maximum absolute atomic E-state index is 12.1. The molecule has 122 valence electrons. The Morgan fingerprint density at radius 3 is 2.64 bits per heavy atom. The van der Waals surface area contributed by atoms with Crippen molar-refractivity contribution in [1.29, 1.82) is 0 Å². The largest absolute Gasteiger partial charge is 0.445 e. The normalized spacial score (nSPS) is 17.3. The lowest BCUT2D eigenvalue weighted by atomic mass is 9.88. The summed E-state index contributed by atoms with van der Waals surface area (Å²) in [7, 11) is 1.93. The van der Waals surface area contributed by atoms with E-state index >= 15 is 0 Å². The second-order valence-corrected chi connectivity index (χ2v) is 5.77. The summed E-state index contributed by atoms with van der Waals surface area (Å²) in [5.41, 5.74) is 1.00. The van der Waals surface area contributed by atoms with Crippen LogP contribution >= 0.6 is 0 Å². The number of benzene rings is 1. The Balaban J connectivity index is 1.75. The molecule has 1 aromatic carbocycles. The van der Waals surface area contributed by atoms with Crippen molar-refractivity contribution in [3.8, 4) is 0 Å². The van der Waals surface area contributed by atoms with Gasteiger partial charge in [0.15, 0.2) is 0 Å². The zero-order chi connectivity index (χ0) is 15.8. The number of hydrogen-bond acceptors (Lipinski definition) is 4. The molecular weight excluding hydrogens is 280 g/mol. The number of carbonyl (C=O) groups is 1. The molecular formula is C17H26N2O3. The van der Waals surface area contributed by atoms with Crippen LogP contribution in [-0.4, -0.2) is 48.9 Å². The highest BCUT2D eigenvalue weighted by Gasteiger charge is 2.28. The van der Waals surface area contributed by atoms with E-state index in [0.717, 1.165) is 37.9 Å². The van der Waals surface area contributed by atoms with Gasteiger partial charge in [0.25, 0.3) is 0 Å². The summed E-state index contributed by atoms with van der Waals surface area (Å²) in [4.78, 5) is 13.9. The first kappa shape index (κ1) is 16.8. The van der Waals surface area contributed by atoms with Crippen LogP contribution in [-0.2, 0) is 11.3 Å². The fourth-order valence-electron chi connectivity index (χ4n) is 3.05. The van der Waals surface area contributed by atoms with Crippen molar-refractivity contribution in [3.05, 3.63) is 35.9 Å². The fourth-order valence-corrected chi connectivity index (χ4v) is 3.05. The van der Waals surface area contributed by atoms with Gasteiger partial charge in [0.05, 0.1) is 0 Å². The smallest absolute Gasteiger partial charge is 0.410 e. The number of ether oxygens (including phenoxy) is 1. The van der Waals surface area contributed by atoms with Crippen molar-refractivity contribution in [2.24, 2.45) is 5.92 Å². The summed E-state index contributed by atoms with van der Waals surface area (Å²) < 4.78 is 5.37. The first-order valence-electron chi connectivity index (χ1n) is 7.98. The second kappa shape index (κ2) is 8.76. The summed E-state index contributed by atoms with van der Waals surface area (Å²) in [6.45, 7) is 1.97. The predicted molar refractivity (Wildman–Crippen MR) is 85.5 cm³/mol. The average molecular weight is 306 g/mol. The molecule has 1 heterocycles. The molecule has 1 aliphatic heterocycles. The Kier molecular flexibility index (Phi) is 6.68. The first-order chi connectivity index (χ1) is 10.7. The van der Waals surface area contributed by atoms with E-state index in [4.69, 9.17) is 9.84 Å². The highest BCUT2D eigenvalue weighted by atomic mass is 16.6. The topological polar surface area (TPSA) is 61.8 Å². The van der Waals surface area contributed by atoms with Gasteiger partial charge in [0.2, 0.25) is 0 Å². The Labute approximate surface area is 132 Å². The molecule has 1 atom stereocenters. The molecule has 2 N–H and O–H groups in total. The summed E-state index contributed by atoms with van der Waals surface area (Å²) in [6.07, 6.45) is 2.43. The van der Waals surface area contributed by atoms with Gasteiger partial charge in [0.1, 0.15) is 6.61 Å². The van der Waals surface area contributed by atoms with Gasteiger partial charge < -0.3 is 20.1 Å². The minimum atomic E-state index is -0.231. The lowest BCUT2D eigenvalue weighted by Gasteiger charge is -2.35. The quantitative estimate of drug-likeness (QED) is 0.844. The van der Waals surface area contributed by atoms with Crippen LogP contribution in [0.3, 0.4) is 0 Å². The molecule has 0 aromatic heterocycles. The average Bonchev–Trinajstić information content (AvgIpc) is 2.58. The molecule has 0 aliphatic carbocycles. The number of rotatable bonds is 6. The molecule has 2 rings (SSSR count). The van der Waals surface area contributed by atoms with Crippen LogP contribution in [0.2, 0.25) is 0 Å². The van der Waals surface area contributed by atoms with E-state index in [9.17, 15) is 4.79 Å². The first-order valence-corrected chi connectivity index (χ1v) is 7.98. The third kappa shape index (κ3) is 4.71. The van der Waals surface area contributed by atoms with Crippen LogP contribution in [0.1, 0.15) is 24.8 Å². The molecule has 1 fully saturated rings. The number of carbonyl (C=O) groups excluding carboxylic acids is 1. The van der Waals surface area contributed by atoms with Gasteiger partial charge in [-0.3, -0.25) is 0 Å². The molecule has 1 aliphatic rings. The minimum absolute atomic E-state index is 0.199. The van der Waals surface area contributed by atoms with Crippen LogP contribution in [0.15, 0.2) is 30.3 Å². The fraction of sp³-hybridized carbons (Fsp3) is 0.588. The lowest BCUT2D eigenvalue weighted by molar-refractivity contribution is 0.0768. The maximum atomic E-state index is 12.1. The third-order valence-corrected chi connectivity index (χ3v) is 4.38. The minimum Gasteiger partial charge on any atom is -0.445 e. The summed E-state index contributed by atoms with van der Waals surface area (Å²) in [5, 5.41) is 12.4. The van der Waals surface area contributed by atoms with Gasteiger partial charge in [-0.15, -0.1) is 0 Å². The van der Waals surface area contributed by atoms with E-state index in [1.54, 1.807) is 4.90 Å². The molecule has 5 heteroatoms. The third-order valence-electron chi connectivity index (χ3n) is 4.38. The molecule has 0 radical (unpaired) electrons. The number of amides is 1. The zero-order valence-electron chi connectivity index (χ0n) is 13.2. The number of hydrogen-bond donors (Lipinski definition) is 2. The molecule has 1 saturated heterocycles. The molecule has 0 bridgehead atoms. The van der Waals surface area contributed by atoms with E-state index in [1.807, 2.05) is 37.4 Å². The molecule has 5 nitrogen and oxygen atoms in total. The lowest BCUT2D eigenvalue weighted by Crippen LogP contribution is -2.44. The Hall–Kier alpha value is -1.59. The summed E-state index contributed by atoms with van der Waals surface area (Å²) >= 11 is 0. The Morgan fingerprint density at radius 2 is 2.05 bits per heavy atom. The monoisotopic (exact) mass is 306 g/mol. The number of nitrogens with one attached hydrogen (secondary N) is 1. The van der Waals surface area contributed by atoms with Crippen molar-refractivity contribution in [2.45, 2.75) is 31.9 Å². The summed E-state index contributed by atoms with van der Waals surface area (Å²) in [6, 6.07) is 10.0. The second-order valence-electron chi connectivity index (χ2n) is 5.77. The van der Waals surface area contributed by atoms with Gasteiger partial charge in [0, 0.05) is 25.7 Å². The number of likely N-dealkylation sites (tertiary alicyclic amines) is 1. The molecule has 1 aromatic rings. The number of piperidine rings is 1. The van der Waals surface area contributed by atoms with E-state index in [-0.39, 0.29) is 12.7 Å². The standard InChI is InChI=1S/C17H26N2O3/c1-18-16(9-12-20)15-7-10-19(11-8-15)17(21)22-13-14-5-3-2-4-6-14/h2-6,15-16,18,20H,7-13H2,1H3. The number of nitrogens with zero attached hydrogens (tertiary/aromatic N) is 1. The SMILES string of the molecule is CNC(CCO)C1CCN(C(=O)OCc2ccccc2)CC1. The molecule has 1 amide bonds. The van der Waals surface area contributed by atoms with Crippen LogP contribution in [0.25, 0.3) is 0 Å². The highest BCUT2D eigenvalue weighted by molar-refractivity contribution is 5.67. The highest BCUT2D eigenvalue weighted by Crippen LogP contribution is 2.22. The van der Waals surface area contributed by atoms with Gasteiger partial charge in [-0.25, -0.2) is 4.79 Å². The van der Waals surface area contributed by atoms with Crippen molar-refractivity contribution in [3.63, 3.8) is 0 Å². The maximum Gasteiger partial charge on any atom is 0.410 e. The van der Waals surface area contributed by atoms with Gasteiger partial charge in [-0.2, -0.15) is 0 Å². The van der Waals surface area contributed by atoms with Crippen molar-refractivity contribution in [1.82, 2.24) is 10.2 Å². The molecule has 22 heavy (non-hydrogen) atoms. The predicted octanol–water partition coefficient (Wildman–Crippen LogP) is 2.01. The van der Waals surface area contributed by atoms with Crippen LogP contribution in [0.4, 0.5) is 4.79 Å². The van der Waals surface area contributed by atoms with Crippen molar-refractivity contribution < 1.29 is 14.6 Å². The molecule has 1 unspecified atom stereocenters. The van der Waals surface area contributed by atoms with Crippen LogP contribution < -0.4 is 5.32 Å². The molecule has 0 spiro atoms. The number of aliphatic hydroxyl groups is 1. The van der Waals surface area contributed by atoms with Gasteiger partial charge >= 0.3 is 6.09 Å². The van der Waals surface area contributed by atoms with E-state index < -0.39 is 0 Å². The van der Waals surface area contributed by atoms with Crippen molar-refractivity contribution >= 4 is 6.09 Å².